The molecule has 2 rings (SSSR count). The first-order chi connectivity index (χ1) is 12.9. The molecule has 0 aliphatic heterocycles. The van der Waals surface area contributed by atoms with Crippen LogP contribution in [0.4, 0.5) is 0 Å². The third-order valence-corrected chi connectivity index (χ3v) is 5.31. The Morgan fingerprint density at radius 2 is 1.59 bits per heavy atom. The number of thioether (sulfide) groups is 1. The molecule has 1 amide bonds. The molecule has 27 heavy (non-hydrogen) atoms. The highest BCUT2D eigenvalue weighted by Gasteiger charge is 2.26. The topological polar surface area (TPSA) is 83.5 Å². The van der Waals surface area contributed by atoms with E-state index in [1.165, 1.54) is 0 Å². The predicted molar refractivity (Wildman–Crippen MR) is 107 cm³/mol. The van der Waals surface area contributed by atoms with Crippen molar-refractivity contribution in [3.05, 3.63) is 60.2 Å². The summed E-state index contributed by atoms with van der Waals surface area (Å²) in [5.74, 6) is -1.28. The number of benzene rings is 2. The van der Waals surface area contributed by atoms with Crippen LogP contribution in [0.2, 0.25) is 0 Å². The summed E-state index contributed by atoms with van der Waals surface area (Å²) in [5.41, 5.74) is 2.97. The number of rotatable bonds is 8. The number of amides is 1. The molecule has 0 heterocycles. The Labute approximate surface area is 163 Å². The monoisotopic (exact) mass is 385 g/mol. The van der Waals surface area contributed by atoms with E-state index in [9.17, 15) is 19.5 Å². The van der Waals surface area contributed by atoms with Crippen molar-refractivity contribution in [2.75, 3.05) is 0 Å². The fraction of sp³-hybridized carbons (Fsp3) is 0.286. The maximum Gasteiger partial charge on any atom is 0.317 e. The van der Waals surface area contributed by atoms with E-state index >= 15 is 0 Å². The van der Waals surface area contributed by atoms with Gasteiger partial charge in [0, 0.05) is 6.42 Å². The van der Waals surface area contributed by atoms with E-state index in [4.69, 9.17) is 0 Å². The molecule has 6 heteroatoms. The minimum Gasteiger partial charge on any atom is -0.480 e. The SMILES string of the molecule is CCC(=O)N[C@H](C)C(=O)S[C@H](Cc1ccc(-c2ccccc2)cc1)C(=O)O. The molecule has 0 aromatic heterocycles. The van der Waals surface area contributed by atoms with Gasteiger partial charge in [0.2, 0.25) is 11.0 Å². The second-order valence-electron chi connectivity index (χ2n) is 6.17. The summed E-state index contributed by atoms with van der Waals surface area (Å²) >= 11 is 0.756. The summed E-state index contributed by atoms with van der Waals surface area (Å²) in [7, 11) is 0. The number of carboxylic acid groups (broad SMARTS) is 1. The Morgan fingerprint density at radius 1 is 1.00 bits per heavy atom. The van der Waals surface area contributed by atoms with Gasteiger partial charge in [0.15, 0.2) is 0 Å². The predicted octanol–water partition coefficient (Wildman–Crippen LogP) is 3.52. The van der Waals surface area contributed by atoms with Crippen LogP contribution in [-0.4, -0.2) is 33.4 Å². The van der Waals surface area contributed by atoms with E-state index in [0.717, 1.165) is 28.5 Å². The largest absolute Gasteiger partial charge is 0.480 e. The van der Waals surface area contributed by atoms with Gasteiger partial charge in [0.05, 0.1) is 6.04 Å². The van der Waals surface area contributed by atoms with E-state index in [0.29, 0.717) is 0 Å². The average Bonchev–Trinajstić information content (AvgIpc) is 2.68. The number of carboxylic acids is 1. The minimum absolute atomic E-state index is 0.231. The summed E-state index contributed by atoms with van der Waals surface area (Å²) in [6, 6.07) is 16.8. The Morgan fingerprint density at radius 3 is 2.15 bits per heavy atom. The molecule has 2 N–H and O–H groups in total. The lowest BCUT2D eigenvalue weighted by Gasteiger charge is -2.16. The van der Waals surface area contributed by atoms with Crippen molar-refractivity contribution in [2.24, 2.45) is 0 Å². The van der Waals surface area contributed by atoms with Crippen LogP contribution in [0, 0.1) is 0 Å². The molecular weight excluding hydrogens is 362 g/mol. The molecule has 0 spiro atoms. The van der Waals surface area contributed by atoms with Gasteiger partial charge in [-0.25, -0.2) is 0 Å². The molecule has 2 aromatic carbocycles. The van der Waals surface area contributed by atoms with Gasteiger partial charge in [0.1, 0.15) is 5.25 Å². The molecule has 0 saturated carbocycles. The van der Waals surface area contributed by atoms with Crippen LogP contribution in [0.5, 0.6) is 0 Å². The lowest BCUT2D eigenvalue weighted by atomic mass is 10.0. The molecule has 0 unspecified atom stereocenters. The van der Waals surface area contributed by atoms with Gasteiger partial charge in [-0.2, -0.15) is 0 Å². The fourth-order valence-corrected chi connectivity index (χ4v) is 3.42. The van der Waals surface area contributed by atoms with Crippen molar-refractivity contribution >= 4 is 28.8 Å². The van der Waals surface area contributed by atoms with Gasteiger partial charge < -0.3 is 10.4 Å². The van der Waals surface area contributed by atoms with Crippen LogP contribution in [-0.2, 0) is 20.8 Å². The molecule has 0 aliphatic rings. The minimum atomic E-state index is -1.05. The van der Waals surface area contributed by atoms with E-state index in [1.807, 2.05) is 54.6 Å². The lowest BCUT2D eigenvalue weighted by molar-refractivity contribution is -0.136. The van der Waals surface area contributed by atoms with E-state index in [1.54, 1.807) is 13.8 Å². The zero-order chi connectivity index (χ0) is 19.8. The molecular formula is C21H23NO4S. The Bertz CT molecular complexity index is 790. The summed E-state index contributed by atoms with van der Waals surface area (Å²) in [5, 5.41) is 10.8. The van der Waals surface area contributed by atoms with Crippen LogP contribution in [0.15, 0.2) is 54.6 Å². The standard InChI is InChI=1S/C21H23NO4S/c1-3-19(23)22-14(2)21(26)27-18(20(24)25)13-15-9-11-17(12-10-15)16-7-5-4-6-8-16/h4-12,14,18H,3,13H2,1-2H3,(H,22,23)(H,24,25)/t14-,18-/m1/s1. The summed E-state index contributed by atoms with van der Waals surface area (Å²) in [6.07, 6.45) is 0.508. The normalized spacial score (nSPS) is 12.8. The summed E-state index contributed by atoms with van der Waals surface area (Å²) in [6.45, 7) is 3.26. The first kappa shape index (κ1) is 20.7. The van der Waals surface area contributed by atoms with E-state index < -0.39 is 17.3 Å². The van der Waals surface area contributed by atoms with Gasteiger partial charge in [-0.05, 0) is 30.0 Å². The average molecular weight is 385 g/mol. The smallest absolute Gasteiger partial charge is 0.317 e. The van der Waals surface area contributed by atoms with Crippen LogP contribution >= 0.6 is 11.8 Å². The van der Waals surface area contributed by atoms with Crippen LogP contribution in [0.25, 0.3) is 11.1 Å². The molecule has 0 aliphatic carbocycles. The zero-order valence-electron chi connectivity index (χ0n) is 15.3. The molecule has 0 bridgehead atoms. The number of hydrogen-bond donors (Lipinski definition) is 2. The van der Waals surface area contributed by atoms with Gasteiger partial charge in [-0.3, -0.25) is 14.4 Å². The number of carbonyl (C=O) groups excluding carboxylic acids is 2. The number of hydrogen-bond acceptors (Lipinski definition) is 4. The quantitative estimate of drug-likeness (QED) is 0.726. The van der Waals surface area contributed by atoms with E-state index in [-0.39, 0.29) is 23.9 Å². The first-order valence-electron chi connectivity index (χ1n) is 8.77. The number of carbonyl (C=O) groups is 3. The molecule has 2 atom stereocenters. The van der Waals surface area contributed by atoms with Gasteiger partial charge in [-0.1, -0.05) is 73.3 Å². The Hall–Kier alpha value is -2.60. The zero-order valence-corrected chi connectivity index (χ0v) is 16.2. The lowest BCUT2D eigenvalue weighted by Crippen LogP contribution is -2.38. The maximum absolute atomic E-state index is 12.2. The van der Waals surface area contributed by atoms with Crippen molar-refractivity contribution in [3.8, 4) is 11.1 Å². The maximum atomic E-state index is 12.2. The molecule has 142 valence electrons. The second-order valence-corrected chi connectivity index (χ2v) is 7.38. The molecule has 2 aromatic rings. The van der Waals surface area contributed by atoms with Crippen LogP contribution < -0.4 is 5.32 Å². The highest BCUT2D eigenvalue weighted by Crippen LogP contribution is 2.23. The van der Waals surface area contributed by atoms with Crippen LogP contribution in [0.1, 0.15) is 25.8 Å². The second kappa shape index (κ2) is 9.92. The van der Waals surface area contributed by atoms with Crippen molar-refractivity contribution in [1.82, 2.24) is 5.32 Å². The highest BCUT2D eigenvalue weighted by molar-refractivity contribution is 8.14. The number of nitrogens with one attached hydrogen (secondary N) is 1. The van der Waals surface area contributed by atoms with Crippen molar-refractivity contribution in [3.63, 3.8) is 0 Å². The van der Waals surface area contributed by atoms with Gasteiger partial charge in [-0.15, -0.1) is 0 Å². The van der Waals surface area contributed by atoms with Crippen LogP contribution in [0.3, 0.4) is 0 Å². The first-order valence-corrected chi connectivity index (χ1v) is 9.65. The Kier molecular flexibility index (Phi) is 7.61. The molecule has 0 radical (unpaired) electrons. The van der Waals surface area contributed by atoms with Crippen molar-refractivity contribution in [1.29, 1.82) is 0 Å². The molecule has 0 saturated heterocycles. The summed E-state index contributed by atoms with van der Waals surface area (Å²) in [4.78, 5) is 35.2. The fourth-order valence-electron chi connectivity index (χ4n) is 2.50. The van der Waals surface area contributed by atoms with Gasteiger partial charge >= 0.3 is 5.97 Å². The summed E-state index contributed by atoms with van der Waals surface area (Å²) < 4.78 is 0. The molecule has 0 fully saturated rings. The van der Waals surface area contributed by atoms with E-state index in [2.05, 4.69) is 5.32 Å². The third-order valence-electron chi connectivity index (χ3n) is 4.07. The Balaban J connectivity index is 2.02. The van der Waals surface area contributed by atoms with Gasteiger partial charge in [0.25, 0.3) is 0 Å². The third kappa shape index (κ3) is 6.25. The van der Waals surface area contributed by atoms with Crippen molar-refractivity contribution < 1.29 is 19.5 Å². The highest BCUT2D eigenvalue weighted by atomic mass is 32.2. The molecule has 5 nitrogen and oxygen atoms in total. The van der Waals surface area contributed by atoms with Crippen molar-refractivity contribution in [2.45, 2.75) is 38.0 Å². The number of aliphatic carboxylic acids is 1.